The average molecular weight is 244 g/mol. The summed E-state index contributed by atoms with van der Waals surface area (Å²) in [6.07, 6.45) is 3.94. The number of thiophene rings is 1. The van der Waals surface area contributed by atoms with Gasteiger partial charge in [0.1, 0.15) is 5.75 Å². The molecule has 0 bridgehead atoms. The number of rotatable bonds is 3. The first-order valence-corrected chi connectivity index (χ1v) is 6.18. The molecule has 0 radical (unpaired) electrons. The van der Waals surface area contributed by atoms with Crippen LogP contribution in [0.15, 0.2) is 41.1 Å². The van der Waals surface area contributed by atoms with Crippen molar-refractivity contribution in [2.45, 2.75) is 6.92 Å². The molecular weight excluding hydrogens is 232 g/mol. The van der Waals surface area contributed by atoms with Crippen molar-refractivity contribution in [1.82, 2.24) is 0 Å². The van der Waals surface area contributed by atoms with E-state index in [0.717, 1.165) is 11.1 Å². The quantitative estimate of drug-likeness (QED) is 0.605. The predicted octanol–water partition coefficient (Wildman–Crippen LogP) is 3.84. The van der Waals surface area contributed by atoms with Crippen molar-refractivity contribution in [3.8, 4) is 5.75 Å². The van der Waals surface area contributed by atoms with Gasteiger partial charge in [0.05, 0.1) is 0 Å². The summed E-state index contributed by atoms with van der Waals surface area (Å²) >= 11 is 1.65. The molecule has 0 atom stereocenters. The molecule has 0 fully saturated rings. The highest BCUT2D eigenvalue weighted by Crippen LogP contribution is 2.21. The second-order valence-corrected chi connectivity index (χ2v) is 4.30. The maximum atomic E-state index is 11.0. The summed E-state index contributed by atoms with van der Waals surface area (Å²) in [6, 6.07) is 9.51. The fourth-order valence-electron chi connectivity index (χ4n) is 1.42. The lowest BCUT2D eigenvalue weighted by atomic mass is 10.1. The van der Waals surface area contributed by atoms with Gasteiger partial charge >= 0.3 is 5.97 Å². The summed E-state index contributed by atoms with van der Waals surface area (Å²) in [5, 5.41) is 4.09. The van der Waals surface area contributed by atoms with Gasteiger partial charge in [-0.1, -0.05) is 30.4 Å². The van der Waals surface area contributed by atoms with Crippen molar-refractivity contribution < 1.29 is 9.53 Å². The molecule has 1 heterocycles. The van der Waals surface area contributed by atoms with E-state index < -0.39 is 0 Å². The van der Waals surface area contributed by atoms with Gasteiger partial charge in [-0.2, -0.15) is 11.3 Å². The van der Waals surface area contributed by atoms with E-state index in [0.29, 0.717) is 5.75 Å². The van der Waals surface area contributed by atoms with Gasteiger partial charge in [0.25, 0.3) is 0 Å². The molecule has 17 heavy (non-hydrogen) atoms. The van der Waals surface area contributed by atoms with Crippen LogP contribution in [0.5, 0.6) is 5.75 Å². The fraction of sp³-hybridized carbons (Fsp3) is 0.0714. The molecule has 0 N–H and O–H groups in total. The number of carbonyl (C=O) groups is 1. The molecule has 0 aliphatic rings. The summed E-state index contributed by atoms with van der Waals surface area (Å²) in [4.78, 5) is 11.0. The van der Waals surface area contributed by atoms with Crippen molar-refractivity contribution in [1.29, 1.82) is 0 Å². The van der Waals surface area contributed by atoms with Crippen LogP contribution in [0.2, 0.25) is 0 Å². The average Bonchev–Trinajstić information content (AvgIpc) is 2.80. The molecule has 1 aromatic carbocycles. The Morgan fingerprint density at radius 3 is 2.76 bits per heavy atom. The molecule has 1 aromatic heterocycles. The van der Waals surface area contributed by atoms with Crippen LogP contribution in [-0.2, 0) is 4.79 Å². The molecular formula is C14H12O2S. The number of esters is 1. The normalized spacial score (nSPS) is 10.6. The number of hydrogen-bond acceptors (Lipinski definition) is 3. The SMILES string of the molecule is CC(=O)Oc1ccccc1/C=C/c1ccsc1. The maximum Gasteiger partial charge on any atom is 0.308 e. The lowest BCUT2D eigenvalue weighted by molar-refractivity contribution is -0.131. The Labute approximate surface area is 104 Å². The van der Waals surface area contributed by atoms with Crippen LogP contribution in [0, 0.1) is 0 Å². The van der Waals surface area contributed by atoms with E-state index in [4.69, 9.17) is 4.74 Å². The second-order valence-electron chi connectivity index (χ2n) is 3.52. The van der Waals surface area contributed by atoms with Crippen molar-refractivity contribution in [3.05, 3.63) is 52.2 Å². The zero-order chi connectivity index (χ0) is 12.1. The van der Waals surface area contributed by atoms with Crippen LogP contribution in [0.1, 0.15) is 18.1 Å². The third-order valence-corrected chi connectivity index (χ3v) is 2.87. The third-order valence-electron chi connectivity index (χ3n) is 2.17. The Balaban J connectivity index is 2.23. The van der Waals surface area contributed by atoms with Crippen LogP contribution < -0.4 is 4.74 Å². The third kappa shape index (κ3) is 3.29. The predicted molar refractivity (Wildman–Crippen MR) is 71.0 cm³/mol. The van der Waals surface area contributed by atoms with E-state index in [-0.39, 0.29) is 5.97 Å². The van der Waals surface area contributed by atoms with Gasteiger partial charge in [-0.15, -0.1) is 0 Å². The number of ether oxygens (including phenoxy) is 1. The molecule has 0 amide bonds. The summed E-state index contributed by atoms with van der Waals surface area (Å²) in [5.74, 6) is 0.285. The molecule has 2 rings (SSSR count). The van der Waals surface area contributed by atoms with E-state index in [9.17, 15) is 4.79 Å². The van der Waals surface area contributed by atoms with Crippen LogP contribution in [0.4, 0.5) is 0 Å². The van der Waals surface area contributed by atoms with E-state index in [1.165, 1.54) is 6.92 Å². The minimum absolute atomic E-state index is 0.304. The zero-order valence-corrected chi connectivity index (χ0v) is 10.2. The molecule has 0 spiro atoms. The number of para-hydroxylation sites is 1. The van der Waals surface area contributed by atoms with Crippen LogP contribution in [0.3, 0.4) is 0 Å². The molecule has 0 aliphatic heterocycles. The van der Waals surface area contributed by atoms with Gasteiger partial charge in [0, 0.05) is 12.5 Å². The molecule has 0 unspecified atom stereocenters. The maximum absolute atomic E-state index is 11.0. The van der Waals surface area contributed by atoms with Crippen LogP contribution >= 0.6 is 11.3 Å². The Morgan fingerprint density at radius 2 is 2.06 bits per heavy atom. The highest BCUT2D eigenvalue weighted by molar-refractivity contribution is 7.08. The fourth-order valence-corrected chi connectivity index (χ4v) is 2.05. The summed E-state index contributed by atoms with van der Waals surface area (Å²) < 4.78 is 5.13. The van der Waals surface area contributed by atoms with Gasteiger partial charge in [-0.05, 0) is 28.5 Å². The number of hydrogen-bond donors (Lipinski definition) is 0. The Hall–Kier alpha value is -1.87. The lowest BCUT2D eigenvalue weighted by Crippen LogP contribution is -2.02. The van der Waals surface area contributed by atoms with E-state index in [2.05, 4.69) is 5.38 Å². The van der Waals surface area contributed by atoms with Gasteiger partial charge in [-0.3, -0.25) is 4.79 Å². The molecule has 0 saturated carbocycles. The molecule has 0 aliphatic carbocycles. The number of carbonyl (C=O) groups excluding carboxylic acids is 1. The molecule has 0 saturated heterocycles. The van der Waals surface area contributed by atoms with Gasteiger partial charge in [0.2, 0.25) is 0 Å². The van der Waals surface area contributed by atoms with Crippen LogP contribution in [-0.4, -0.2) is 5.97 Å². The van der Waals surface area contributed by atoms with Crippen molar-refractivity contribution in [3.63, 3.8) is 0 Å². The van der Waals surface area contributed by atoms with E-state index in [1.807, 2.05) is 41.8 Å². The standard InChI is InChI=1S/C14H12O2S/c1-11(15)16-14-5-3-2-4-13(14)7-6-12-8-9-17-10-12/h2-10H,1H3/b7-6+. The number of benzene rings is 1. The van der Waals surface area contributed by atoms with E-state index in [1.54, 1.807) is 17.4 Å². The first-order chi connectivity index (χ1) is 8.25. The van der Waals surface area contributed by atoms with Gasteiger partial charge in [-0.25, -0.2) is 0 Å². The Bertz CT molecular complexity index is 527. The molecule has 2 aromatic rings. The zero-order valence-electron chi connectivity index (χ0n) is 9.42. The first kappa shape index (κ1) is 11.6. The minimum Gasteiger partial charge on any atom is -0.426 e. The van der Waals surface area contributed by atoms with Crippen LogP contribution in [0.25, 0.3) is 12.2 Å². The smallest absolute Gasteiger partial charge is 0.308 e. The molecule has 3 heteroatoms. The lowest BCUT2D eigenvalue weighted by Gasteiger charge is -2.04. The van der Waals surface area contributed by atoms with Crippen molar-refractivity contribution >= 4 is 29.5 Å². The second kappa shape index (κ2) is 5.46. The topological polar surface area (TPSA) is 26.3 Å². The molecule has 2 nitrogen and oxygen atoms in total. The van der Waals surface area contributed by atoms with Gasteiger partial charge < -0.3 is 4.74 Å². The summed E-state index contributed by atoms with van der Waals surface area (Å²) in [6.45, 7) is 1.40. The molecule has 86 valence electrons. The first-order valence-electron chi connectivity index (χ1n) is 5.23. The van der Waals surface area contributed by atoms with Gasteiger partial charge in [0.15, 0.2) is 0 Å². The van der Waals surface area contributed by atoms with Crippen molar-refractivity contribution in [2.75, 3.05) is 0 Å². The minimum atomic E-state index is -0.304. The monoisotopic (exact) mass is 244 g/mol. The Kier molecular flexibility index (Phi) is 3.73. The Morgan fingerprint density at radius 1 is 1.24 bits per heavy atom. The van der Waals surface area contributed by atoms with Crippen molar-refractivity contribution in [2.24, 2.45) is 0 Å². The summed E-state index contributed by atoms with van der Waals surface area (Å²) in [7, 11) is 0. The highest BCUT2D eigenvalue weighted by atomic mass is 32.1. The van der Waals surface area contributed by atoms with E-state index >= 15 is 0 Å². The summed E-state index contributed by atoms with van der Waals surface area (Å²) in [5.41, 5.74) is 2.04. The highest BCUT2D eigenvalue weighted by Gasteiger charge is 2.02. The largest absolute Gasteiger partial charge is 0.426 e.